The van der Waals surface area contributed by atoms with Crippen molar-refractivity contribution in [3.63, 3.8) is 0 Å². The van der Waals surface area contributed by atoms with Gasteiger partial charge in [0.1, 0.15) is 11.6 Å². The van der Waals surface area contributed by atoms with Crippen molar-refractivity contribution >= 4 is 21.4 Å². The average molecular weight is 303 g/mol. The van der Waals surface area contributed by atoms with Gasteiger partial charge in [0.15, 0.2) is 0 Å². The maximum Gasteiger partial charge on any atom is 0.124 e. The van der Waals surface area contributed by atoms with Crippen LogP contribution in [0.15, 0.2) is 42.5 Å². The topological polar surface area (TPSA) is 26.0 Å². The Morgan fingerprint density at radius 3 is 2.57 bits per heavy atom. The summed E-state index contributed by atoms with van der Waals surface area (Å²) in [4.78, 5) is 0.985. The Balaban J connectivity index is 1.89. The molecule has 108 valence electrons. The van der Waals surface area contributed by atoms with Gasteiger partial charge in [-0.3, -0.25) is 0 Å². The van der Waals surface area contributed by atoms with Crippen molar-refractivity contribution in [3.05, 3.63) is 70.1 Å². The maximum atomic E-state index is 13.3. The van der Waals surface area contributed by atoms with Gasteiger partial charge in [-0.15, -0.1) is 11.3 Å². The molecule has 0 aliphatic heterocycles. The van der Waals surface area contributed by atoms with Gasteiger partial charge >= 0.3 is 0 Å². The van der Waals surface area contributed by atoms with Crippen LogP contribution in [0.25, 0.3) is 10.1 Å². The monoisotopic (exact) mass is 303 g/mol. The molecule has 0 saturated heterocycles. The van der Waals surface area contributed by atoms with Gasteiger partial charge in [0.05, 0.1) is 0 Å². The van der Waals surface area contributed by atoms with Gasteiger partial charge in [0.25, 0.3) is 0 Å². The van der Waals surface area contributed by atoms with E-state index >= 15 is 0 Å². The van der Waals surface area contributed by atoms with Crippen molar-refractivity contribution in [2.45, 2.75) is 19.4 Å². The van der Waals surface area contributed by atoms with Crippen LogP contribution in [0.5, 0.6) is 0 Å². The second-order valence-corrected chi connectivity index (χ2v) is 6.33. The number of nitrogens with two attached hydrogens (primary N) is 1. The third-order valence-electron chi connectivity index (χ3n) is 3.62. The van der Waals surface area contributed by atoms with Crippen molar-refractivity contribution < 1.29 is 8.78 Å². The van der Waals surface area contributed by atoms with Gasteiger partial charge in [0.2, 0.25) is 0 Å². The highest BCUT2D eigenvalue weighted by Crippen LogP contribution is 2.31. The number of hydrogen-bond acceptors (Lipinski definition) is 2. The van der Waals surface area contributed by atoms with Crippen LogP contribution >= 0.6 is 11.3 Å². The van der Waals surface area contributed by atoms with Gasteiger partial charge < -0.3 is 5.73 Å². The minimum Gasteiger partial charge on any atom is -0.323 e. The zero-order valence-corrected chi connectivity index (χ0v) is 12.4. The Morgan fingerprint density at radius 1 is 1.05 bits per heavy atom. The molecule has 0 fully saturated rings. The molecule has 3 aromatic rings. The van der Waals surface area contributed by atoms with Gasteiger partial charge in [-0.05, 0) is 60.2 Å². The Morgan fingerprint density at radius 2 is 1.76 bits per heavy atom. The van der Waals surface area contributed by atoms with E-state index in [2.05, 4.69) is 0 Å². The van der Waals surface area contributed by atoms with Crippen LogP contribution in [-0.2, 0) is 6.42 Å². The van der Waals surface area contributed by atoms with Crippen molar-refractivity contribution in [1.82, 2.24) is 0 Å². The standard InChI is InChI=1S/C17H15F2NS/c1-10-2-4-13(18)6-12(10)7-15(20)17-8-11-3-5-14(19)9-16(11)21-17/h2-6,8-9,15H,7,20H2,1H3. The van der Waals surface area contributed by atoms with E-state index in [0.717, 1.165) is 26.1 Å². The maximum absolute atomic E-state index is 13.3. The number of benzene rings is 2. The van der Waals surface area contributed by atoms with E-state index in [-0.39, 0.29) is 17.7 Å². The highest BCUT2D eigenvalue weighted by atomic mass is 32.1. The summed E-state index contributed by atoms with van der Waals surface area (Å²) in [5, 5.41) is 0.989. The van der Waals surface area contributed by atoms with E-state index in [1.807, 2.05) is 13.0 Å². The van der Waals surface area contributed by atoms with E-state index in [9.17, 15) is 8.78 Å². The Labute approximate surface area is 126 Å². The van der Waals surface area contributed by atoms with Crippen molar-refractivity contribution in [1.29, 1.82) is 0 Å². The molecule has 0 aliphatic rings. The Hall–Kier alpha value is -1.78. The van der Waals surface area contributed by atoms with Crippen LogP contribution in [0.1, 0.15) is 22.0 Å². The minimum absolute atomic E-state index is 0.217. The molecule has 0 radical (unpaired) electrons. The molecule has 1 heterocycles. The molecule has 0 bridgehead atoms. The second-order valence-electron chi connectivity index (χ2n) is 5.21. The number of rotatable bonds is 3. The Kier molecular flexibility index (Phi) is 3.74. The quantitative estimate of drug-likeness (QED) is 0.743. The van der Waals surface area contributed by atoms with Crippen molar-refractivity contribution in [2.24, 2.45) is 5.73 Å². The molecule has 3 rings (SSSR count). The summed E-state index contributed by atoms with van der Waals surface area (Å²) in [6, 6.07) is 11.2. The lowest BCUT2D eigenvalue weighted by atomic mass is 10.0. The summed E-state index contributed by atoms with van der Waals surface area (Å²) in [7, 11) is 0. The van der Waals surface area contributed by atoms with E-state index in [1.165, 1.54) is 35.6 Å². The molecule has 1 atom stereocenters. The SMILES string of the molecule is Cc1ccc(F)cc1CC(N)c1cc2ccc(F)cc2s1. The first kappa shape index (κ1) is 14.2. The number of halogens is 2. The fourth-order valence-electron chi connectivity index (χ4n) is 2.41. The van der Waals surface area contributed by atoms with Crippen LogP contribution in [0.4, 0.5) is 8.78 Å². The minimum atomic E-state index is -0.249. The number of hydrogen-bond donors (Lipinski definition) is 1. The molecule has 0 spiro atoms. The summed E-state index contributed by atoms with van der Waals surface area (Å²) in [6.45, 7) is 1.95. The predicted octanol–water partition coefficient (Wildman–Crippen LogP) is 4.73. The van der Waals surface area contributed by atoms with E-state index in [1.54, 1.807) is 12.1 Å². The van der Waals surface area contributed by atoms with Crippen LogP contribution in [0, 0.1) is 18.6 Å². The van der Waals surface area contributed by atoms with Gasteiger partial charge in [-0.1, -0.05) is 12.1 Å². The first-order valence-electron chi connectivity index (χ1n) is 6.72. The van der Waals surface area contributed by atoms with Gasteiger partial charge in [-0.25, -0.2) is 8.78 Å². The lowest BCUT2D eigenvalue weighted by Gasteiger charge is -2.12. The molecule has 21 heavy (non-hydrogen) atoms. The third kappa shape index (κ3) is 2.96. The highest BCUT2D eigenvalue weighted by Gasteiger charge is 2.13. The van der Waals surface area contributed by atoms with Crippen LogP contribution < -0.4 is 5.73 Å². The first-order valence-corrected chi connectivity index (χ1v) is 7.54. The fourth-order valence-corrected chi connectivity index (χ4v) is 3.50. The molecule has 4 heteroatoms. The second kappa shape index (κ2) is 5.54. The highest BCUT2D eigenvalue weighted by molar-refractivity contribution is 7.19. The molecule has 0 aliphatic carbocycles. The number of aryl methyl sites for hydroxylation is 1. The number of thiophene rings is 1. The summed E-state index contributed by atoms with van der Waals surface area (Å²) >= 11 is 1.49. The molecular formula is C17H15F2NS. The molecule has 0 saturated carbocycles. The lowest BCUT2D eigenvalue weighted by Crippen LogP contribution is -2.12. The molecule has 0 amide bonds. The third-order valence-corrected chi connectivity index (χ3v) is 4.85. The van der Waals surface area contributed by atoms with E-state index in [0.29, 0.717) is 6.42 Å². The molecular weight excluding hydrogens is 288 g/mol. The zero-order valence-electron chi connectivity index (χ0n) is 11.6. The Bertz CT molecular complexity index is 795. The molecule has 2 aromatic carbocycles. The molecule has 2 N–H and O–H groups in total. The van der Waals surface area contributed by atoms with E-state index in [4.69, 9.17) is 5.73 Å². The smallest absolute Gasteiger partial charge is 0.124 e. The summed E-state index contributed by atoms with van der Waals surface area (Å²) < 4.78 is 27.4. The largest absolute Gasteiger partial charge is 0.323 e. The van der Waals surface area contributed by atoms with Crippen LogP contribution in [0.2, 0.25) is 0 Å². The zero-order chi connectivity index (χ0) is 15.0. The first-order chi connectivity index (χ1) is 10.0. The molecule has 1 unspecified atom stereocenters. The van der Waals surface area contributed by atoms with Gasteiger partial charge in [-0.2, -0.15) is 0 Å². The van der Waals surface area contributed by atoms with Crippen LogP contribution in [-0.4, -0.2) is 0 Å². The predicted molar refractivity (Wildman–Crippen MR) is 83.6 cm³/mol. The lowest BCUT2D eigenvalue weighted by molar-refractivity contribution is 0.621. The molecule has 1 nitrogen and oxygen atoms in total. The average Bonchev–Trinajstić information content (AvgIpc) is 2.86. The summed E-state index contributed by atoms with van der Waals surface area (Å²) in [5.41, 5.74) is 8.18. The van der Waals surface area contributed by atoms with Crippen molar-refractivity contribution in [2.75, 3.05) is 0 Å². The van der Waals surface area contributed by atoms with E-state index < -0.39 is 0 Å². The molecule has 1 aromatic heterocycles. The van der Waals surface area contributed by atoms with Gasteiger partial charge in [0, 0.05) is 15.6 Å². The van der Waals surface area contributed by atoms with Crippen LogP contribution in [0.3, 0.4) is 0 Å². The summed E-state index contributed by atoms with van der Waals surface area (Å²) in [5.74, 6) is -0.494. The summed E-state index contributed by atoms with van der Waals surface area (Å²) in [6.07, 6.45) is 0.568. The fraction of sp³-hybridized carbons (Fsp3) is 0.176. The van der Waals surface area contributed by atoms with Crippen molar-refractivity contribution in [3.8, 4) is 0 Å². The number of fused-ring (bicyclic) bond motifs is 1. The normalized spacial score (nSPS) is 12.8.